The average molecular weight is 879 g/mol. The molecule has 3 amide bonds. The average Bonchev–Trinajstić information content (AvgIpc) is 3.89. The summed E-state index contributed by atoms with van der Waals surface area (Å²) in [6.07, 6.45) is 1.69. The van der Waals surface area contributed by atoms with E-state index in [4.69, 9.17) is 0 Å². The van der Waals surface area contributed by atoms with E-state index in [9.17, 15) is 24.6 Å². The van der Waals surface area contributed by atoms with Crippen molar-refractivity contribution < 1.29 is 24.6 Å². The summed E-state index contributed by atoms with van der Waals surface area (Å²) in [4.78, 5) is 55.7. The lowest BCUT2D eigenvalue weighted by Crippen LogP contribution is -2.58. The van der Waals surface area contributed by atoms with E-state index in [1.54, 1.807) is 23.5 Å². The smallest absolute Gasteiger partial charge is 0.246 e. The number of aromatic nitrogens is 3. The van der Waals surface area contributed by atoms with Gasteiger partial charge >= 0.3 is 0 Å². The number of aliphatic hydroxyl groups excluding tert-OH is 1. The number of nitrogens with zero attached hydrogens (tertiary/aromatic N) is 7. The number of nitrogens with one attached hydrogen (secondary N) is 3. The van der Waals surface area contributed by atoms with E-state index in [-0.39, 0.29) is 48.9 Å². The number of carbonyl (C=O) groups excluding carboxylic acids is 3. The normalized spacial score (nSPS) is 21.8. The molecular weight excluding hydrogens is 817 g/mol. The molecule has 0 bridgehead atoms. The van der Waals surface area contributed by atoms with Gasteiger partial charge in [0.05, 0.1) is 45.7 Å². The lowest BCUT2D eigenvalue weighted by Gasteiger charge is -2.47. The van der Waals surface area contributed by atoms with Crippen molar-refractivity contribution in [3.63, 3.8) is 0 Å². The van der Waals surface area contributed by atoms with Crippen molar-refractivity contribution in [2.24, 2.45) is 11.3 Å². The van der Waals surface area contributed by atoms with Crippen LogP contribution in [0.15, 0.2) is 60.1 Å². The number of aliphatic hydroxyl groups is 1. The van der Waals surface area contributed by atoms with Crippen molar-refractivity contribution >= 4 is 40.6 Å². The van der Waals surface area contributed by atoms with Gasteiger partial charge in [-0.05, 0) is 80.4 Å². The SMILES string of the molecule is Cc1ncsc1-c1ccc(C(C)NC(=O)[C@@H]2C[C@@H](O)CN2C(=O)C(NC(=O)CCN2CCC(CN3CCN4c5cc(-c6ccccc6O)nnc5NCC4C3)CC2)C(C)(C)C)cc1. The van der Waals surface area contributed by atoms with Crippen LogP contribution in [-0.2, 0) is 14.4 Å². The zero-order valence-corrected chi connectivity index (χ0v) is 37.9. The minimum atomic E-state index is -0.864. The molecule has 2 aromatic carbocycles. The Morgan fingerprint density at radius 2 is 1.73 bits per heavy atom. The first-order chi connectivity index (χ1) is 30.2. The molecule has 63 heavy (non-hydrogen) atoms. The largest absolute Gasteiger partial charge is 0.507 e. The first-order valence-corrected chi connectivity index (χ1v) is 23.3. The van der Waals surface area contributed by atoms with Crippen LogP contribution in [0.1, 0.15) is 70.7 Å². The maximum Gasteiger partial charge on any atom is 0.246 e. The zero-order chi connectivity index (χ0) is 44.4. The molecule has 3 saturated heterocycles. The van der Waals surface area contributed by atoms with Gasteiger partial charge in [0.15, 0.2) is 5.82 Å². The second kappa shape index (κ2) is 18.9. The molecule has 16 heteroatoms. The number of aromatic hydroxyl groups is 1. The number of para-hydroxylation sites is 1. The Labute approximate surface area is 374 Å². The summed E-state index contributed by atoms with van der Waals surface area (Å²) in [5, 5.41) is 39.5. The van der Waals surface area contributed by atoms with Gasteiger partial charge in [-0.1, -0.05) is 57.2 Å². The molecule has 15 nitrogen and oxygen atoms in total. The highest BCUT2D eigenvalue weighted by Gasteiger charge is 2.45. The van der Waals surface area contributed by atoms with Crippen LogP contribution in [0.4, 0.5) is 11.5 Å². The van der Waals surface area contributed by atoms with Gasteiger partial charge in [-0.3, -0.25) is 19.3 Å². The third-order valence-corrected chi connectivity index (χ3v) is 14.3. The number of likely N-dealkylation sites (tertiary alicyclic amines) is 2. The standard InChI is InChI=1S/C47H62N10O5S/c1-29(32-10-12-33(13-11-32)42-30(2)49-28-63-42)50-45(61)39-22-35(58)27-57(39)46(62)43(47(3,4)5)51-41(60)16-19-54-17-14-31(15-18-54)25-55-20-21-56-34(26-55)24-48-44-38(56)23-37(52-53-44)36-8-6-7-9-40(36)59/h6-13,23,28-29,31,34-35,39,43,58-59H,14-22,24-27H2,1-5H3,(H,48,53)(H,50,61)(H,51,60)/t29?,34?,35-,39+,43?/m1/s1. The van der Waals surface area contributed by atoms with Crippen molar-refractivity contribution in [2.75, 3.05) is 69.1 Å². The maximum absolute atomic E-state index is 14.2. The van der Waals surface area contributed by atoms with Gasteiger partial charge in [-0.25, -0.2) is 4.98 Å². The van der Waals surface area contributed by atoms with E-state index >= 15 is 0 Å². The number of piperazine rings is 1. The van der Waals surface area contributed by atoms with Gasteiger partial charge in [-0.2, -0.15) is 0 Å². The van der Waals surface area contributed by atoms with Crippen LogP contribution in [-0.4, -0.2) is 141 Å². The number of phenols is 1. The van der Waals surface area contributed by atoms with Crippen LogP contribution in [0.3, 0.4) is 0 Å². The fraction of sp³-hybridized carbons (Fsp3) is 0.532. The van der Waals surface area contributed by atoms with Crippen LogP contribution < -0.4 is 20.9 Å². The Morgan fingerprint density at radius 1 is 0.968 bits per heavy atom. The first kappa shape index (κ1) is 44.4. The number of fused-ring (bicyclic) bond motifs is 3. The van der Waals surface area contributed by atoms with Crippen molar-refractivity contribution in [2.45, 2.75) is 90.6 Å². The molecule has 0 aliphatic carbocycles. The highest BCUT2D eigenvalue weighted by molar-refractivity contribution is 7.13. The summed E-state index contributed by atoms with van der Waals surface area (Å²) in [6.45, 7) is 16.8. The highest BCUT2D eigenvalue weighted by Crippen LogP contribution is 2.37. The minimum absolute atomic E-state index is 0.0314. The van der Waals surface area contributed by atoms with Crippen molar-refractivity contribution in [3.8, 4) is 27.4 Å². The Kier molecular flexibility index (Phi) is 13.3. The van der Waals surface area contributed by atoms with Crippen molar-refractivity contribution in [3.05, 3.63) is 71.4 Å². The van der Waals surface area contributed by atoms with Gasteiger partial charge in [0, 0.05) is 64.2 Å². The summed E-state index contributed by atoms with van der Waals surface area (Å²) in [5.74, 6) is 0.673. The number of anilines is 2. The molecular formula is C47H62N10O5S. The summed E-state index contributed by atoms with van der Waals surface area (Å²) < 4.78 is 0. The monoisotopic (exact) mass is 878 g/mol. The van der Waals surface area contributed by atoms with Gasteiger partial charge in [0.2, 0.25) is 17.7 Å². The molecule has 0 spiro atoms. The van der Waals surface area contributed by atoms with E-state index in [0.717, 1.165) is 91.9 Å². The predicted molar refractivity (Wildman–Crippen MR) is 245 cm³/mol. The highest BCUT2D eigenvalue weighted by atomic mass is 32.1. The number of benzene rings is 2. The zero-order valence-electron chi connectivity index (χ0n) is 37.1. The van der Waals surface area contributed by atoms with Gasteiger partial charge < -0.3 is 40.9 Å². The molecule has 5 N–H and O–H groups in total. The van der Waals surface area contributed by atoms with Crippen LogP contribution in [0, 0.1) is 18.3 Å². The third kappa shape index (κ3) is 10.1. The van der Waals surface area contributed by atoms with Gasteiger partial charge in [-0.15, -0.1) is 21.5 Å². The Balaban J connectivity index is 0.791. The number of hydrogen-bond acceptors (Lipinski definition) is 13. The molecule has 0 saturated carbocycles. The number of β-amino-alcohol motifs (C(OH)–C–C–N with tert-alkyl or cyclic N) is 1. The molecule has 3 unspecified atom stereocenters. The molecule has 4 aliphatic rings. The van der Waals surface area contributed by atoms with Crippen molar-refractivity contribution in [1.29, 1.82) is 0 Å². The summed E-state index contributed by atoms with van der Waals surface area (Å²) in [7, 11) is 0. The number of aryl methyl sites for hydroxylation is 1. The van der Waals surface area contributed by atoms with Crippen LogP contribution in [0.5, 0.6) is 5.75 Å². The fourth-order valence-electron chi connectivity index (χ4n) is 9.61. The molecule has 4 aliphatic heterocycles. The summed E-state index contributed by atoms with van der Waals surface area (Å²) in [5.41, 5.74) is 6.54. The number of amides is 3. The summed E-state index contributed by atoms with van der Waals surface area (Å²) >= 11 is 1.59. The number of hydrogen-bond donors (Lipinski definition) is 5. The Hall–Kier alpha value is -5.16. The second-order valence-corrected chi connectivity index (χ2v) is 19.7. The molecule has 6 heterocycles. The van der Waals surface area contributed by atoms with E-state index in [1.165, 1.54) is 4.90 Å². The molecule has 3 fully saturated rings. The molecule has 5 atom stereocenters. The molecule has 0 radical (unpaired) electrons. The van der Waals surface area contributed by atoms with Crippen LogP contribution >= 0.6 is 11.3 Å². The topological polar surface area (TPSA) is 179 Å². The van der Waals surface area contributed by atoms with Gasteiger partial charge in [0.1, 0.15) is 17.8 Å². The van der Waals surface area contributed by atoms with Crippen molar-refractivity contribution in [1.82, 2.24) is 40.5 Å². The Bertz CT molecular complexity index is 2260. The Morgan fingerprint density at radius 3 is 2.44 bits per heavy atom. The minimum Gasteiger partial charge on any atom is -0.507 e. The van der Waals surface area contributed by atoms with Crippen LogP contribution in [0.2, 0.25) is 0 Å². The molecule has 4 aromatic rings. The maximum atomic E-state index is 14.2. The second-order valence-electron chi connectivity index (χ2n) is 18.9. The number of rotatable bonds is 12. The molecule has 8 rings (SSSR count). The molecule has 2 aromatic heterocycles. The number of thiazole rings is 1. The van der Waals surface area contributed by atoms with E-state index in [2.05, 4.69) is 45.8 Å². The number of carbonyl (C=O) groups is 3. The van der Waals surface area contributed by atoms with E-state index in [0.29, 0.717) is 29.8 Å². The van der Waals surface area contributed by atoms with Gasteiger partial charge in [0.25, 0.3) is 0 Å². The predicted octanol–water partition coefficient (Wildman–Crippen LogP) is 4.67. The van der Waals surface area contributed by atoms with Crippen LogP contribution in [0.25, 0.3) is 21.7 Å². The third-order valence-electron chi connectivity index (χ3n) is 13.3. The first-order valence-electron chi connectivity index (χ1n) is 22.4. The fourth-order valence-corrected chi connectivity index (χ4v) is 10.4. The van der Waals surface area contributed by atoms with E-state index < -0.39 is 23.6 Å². The lowest BCUT2D eigenvalue weighted by molar-refractivity contribution is -0.144. The number of piperidine rings is 1. The molecule has 336 valence electrons. The number of phenolic OH excluding ortho intramolecular Hbond substituents is 1. The quantitative estimate of drug-likeness (QED) is 0.133. The van der Waals surface area contributed by atoms with E-state index in [1.807, 2.05) is 82.6 Å². The summed E-state index contributed by atoms with van der Waals surface area (Å²) in [6, 6.07) is 15.6. The lowest BCUT2D eigenvalue weighted by atomic mass is 9.85.